The molecule has 3 aromatic rings. The van der Waals surface area contributed by atoms with Crippen LogP contribution in [-0.2, 0) is 6.42 Å². The second-order valence-electron chi connectivity index (χ2n) is 6.78. The highest BCUT2D eigenvalue weighted by molar-refractivity contribution is 5.91. The number of imidazole rings is 1. The highest BCUT2D eigenvalue weighted by Crippen LogP contribution is 2.33. The first-order valence-electron chi connectivity index (χ1n) is 9.32. The SMILES string of the molecule is CCc1nc2c(-c3cc(C)c(C)nc3C)ccnc2n1C(CC)CC. The van der Waals surface area contributed by atoms with E-state index in [0.29, 0.717) is 6.04 Å². The van der Waals surface area contributed by atoms with Crippen molar-refractivity contribution in [3.8, 4) is 11.1 Å². The second-order valence-corrected chi connectivity index (χ2v) is 6.78. The van der Waals surface area contributed by atoms with E-state index in [0.717, 1.165) is 58.8 Å². The third-order valence-corrected chi connectivity index (χ3v) is 5.22. The summed E-state index contributed by atoms with van der Waals surface area (Å²) in [6, 6.07) is 4.75. The van der Waals surface area contributed by atoms with Crippen molar-refractivity contribution >= 4 is 11.2 Å². The molecule has 132 valence electrons. The minimum Gasteiger partial charge on any atom is -0.310 e. The van der Waals surface area contributed by atoms with Crippen molar-refractivity contribution in [2.75, 3.05) is 0 Å². The van der Waals surface area contributed by atoms with Crippen LogP contribution in [-0.4, -0.2) is 19.5 Å². The van der Waals surface area contributed by atoms with Gasteiger partial charge in [-0.15, -0.1) is 0 Å². The molecule has 0 N–H and O–H groups in total. The first-order chi connectivity index (χ1) is 12.0. The lowest BCUT2D eigenvalue weighted by Gasteiger charge is -2.17. The van der Waals surface area contributed by atoms with E-state index in [4.69, 9.17) is 15.0 Å². The van der Waals surface area contributed by atoms with Crippen molar-refractivity contribution in [2.24, 2.45) is 0 Å². The van der Waals surface area contributed by atoms with Crippen LogP contribution in [0, 0.1) is 20.8 Å². The summed E-state index contributed by atoms with van der Waals surface area (Å²) < 4.78 is 2.35. The zero-order valence-electron chi connectivity index (χ0n) is 16.2. The Labute approximate surface area is 150 Å². The maximum absolute atomic E-state index is 4.99. The predicted octanol–water partition coefficient (Wildman–Crippen LogP) is 5.34. The Kier molecular flexibility index (Phi) is 4.89. The van der Waals surface area contributed by atoms with Crippen molar-refractivity contribution in [2.45, 2.75) is 66.8 Å². The van der Waals surface area contributed by atoms with E-state index in [1.54, 1.807) is 0 Å². The van der Waals surface area contributed by atoms with Crippen LogP contribution in [0.15, 0.2) is 18.3 Å². The molecule has 0 spiro atoms. The van der Waals surface area contributed by atoms with Gasteiger partial charge in [0.05, 0.1) is 0 Å². The smallest absolute Gasteiger partial charge is 0.160 e. The molecule has 0 aliphatic heterocycles. The Morgan fingerprint density at radius 2 is 1.68 bits per heavy atom. The molecule has 0 amide bonds. The van der Waals surface area contributed by atoms with Crippen molar-refractivity contribution in [1.82, 2.24) is 19.5 Å². The average molecular weight is 336 g/mol. The Hall–Kier alpha value is -2.23. The van der Waals surface area contributed by atoms with Crippen LogP contribution in [0.5, 0.6) is 0 Å². The fourth-order valence-corrected chi connectivity index (χ4v) is 3.64. The van der Waals surface area contributed by atoms with Crippen molar-refractivity contribution in [3.63, 3.8) is 0 Å². The third kappa shape index (κ3) is 2.94. The number of hydrogen-bond donors (Lipinski definition) is 0. The quantitative estimate of drug-likeness (QED) is 0.631. The molecule has 0 saturated heterocycles. The van der Waals surface area contributed by atoms with Crippen LogP contribution in [0.3, 0.4) is 0 Å². The second kappa shape index (κ2) is 6.95. The standard InChI is InChI=1S/C21H28N4/c1-7-16(8-2)25-19(9-3)24-20-17(10-11-22-21(20)25)18-12-13(4)14(5)23-15(18)6/h10-12,16H,7-9H2,1-6H3. The molecule has 3 rings (SSSR count). The van der Waals surface area contributed by atoms with Crippen LogP contribution in [0.25, 0.3) is 22.3 Å². The van der Waals surface area contributed by atoms with Crippen LogP contribution in [0.2, 0.25) is 0 Å². The largest absolute Gasteiger partial charge is 0.310 e. The van der Waals surface area contributed by atoms with Crippen LogP contribution < -0.4 is 0 Å². The van der Waals surface area contributed by atoms with Gasteiger partial charge in [0.15, 0.2) is 5.65 Å². The molecule has 3 heterocycles. The van der Waals surface area contributed by atoms with Crippen molar-refractivity contribution in [1.29, 1.82) is 0 Å². The maximum atomic E-state index is 4.99. The van der Waals surface area contributed by atoms with E-state index in [1.165, 1.54) is 5.56 Å². The van der Waals surface area contributed by atoms with Gasteiger partial charge in [-0.05, 0) is 51.3 Å². The van der Waals surface area contributed by atoms with Gasteiger partial charge in [-0.25, -0.2) is 9.97 Å². The molecule has 4 nitrogen and oxygen atoms in total. The number of rotatable bonds is 5. The van der Waals surface area contributed by atoms with Crippen molar-refractivity contribution in [3.05, 3.63) is 41.1 Å². The highest BCUT2D eigenvalue weighted by Gasteiger charge is 2.20. The molecular weight excluding hydrogens is 308 g/mol. The molecule has 0 bridgehead atoms. The van der Waals surface area contributed by atoms with Gasteiger partial charge in [-0.3, -0.25) is 4.98 Å². The lowest BCUT2D eigenvalue weighted by atomic mass is 10.0. The van der Waals surface area contributed by atoms with E-state index in [-0.39, 0.29) is 0 Å². The summed E-state index contributed by atoms with van der Waals surface area (Å²) >= 11 is 0. The van der Waals surface area contributed by atoms with Gasteiger partial charge in [0, 0.05) is 41.2 Å². The summed E-state index contributed by atoms with van der Waals surface area (Å²) in [7, 11) is 0. The van der Waals surface area contributed by atoms with Crippen LogP contribution in [0.4, 0.5) is 0 Å². The summed E-state index contributed by atoms with van der Waals surface area (Å²) in [4.78, 5) is 14.4. The minimum absolute atomic E-state index is 0.446. The Bertz CT molecular complexity index is 904. The zero-order valence-corrected chi connectivity index (χ0v) is 16.2. The van der Waals surface area contributed by atoms with E-state index in [9.17, 15) is 0 Å². The summed E-state index contributed by atoms with van der Waals surface area (Å²) in [5, 5.41) is 0. The van der Waals surface area contributed by atoms with E-state index < -0.39 is 0 Å². The minimum atomic E-state index is 0.446. The van der Waals surface area contributed by atoms with Crippen LogP contribution >= 0.6 is 0 Å². The number of nitrogens with zero attached hydrogens (tertiary/aromatic N) is 4. The lowest BCUT2D eigenvalue weighted by molar-refractivity contribution is 0.466. The molecular formula is C21H28N4. The van der Waals surface area contributed by atoms with Gasteiger partial charge in [0.1, 0.15) is 11.3 Å². The van der Waals surface area contributed by atoms with E-state index in [1.807, 2.05) is 6.20 Å². The molecule has 0 aliphatic rings. The third-order valence-electron chi connectivity index (χ3n) is 5.22. The fourth-order valence-electron chi connectivity index (χ4n) is 3.64. The van der Waals surface area contributed by atoms with Gasteiger partial charge in [0.25, 0.3) is 0 Å². The number of fused-ring (bicyclic) bond motifs is 1. The summed E-state index contributed by atoms with van der Waals surface area (Å²) in [6.45, 7) is 12.9. The van der Waals surface area contributed by atoms with Crippen LogP contribution in [0.1, 0.15) is 62.4 Å². The fraction of sp³-hybridized carbons (Fsp3) is 0.476. The average Bonchev–Trinajstić information content (AvgIpc) is 2.98. The van der Waals surface area contributed by atoms with Gasteiger partial charge >= 0.3 is 0 Å². The number of aryl methyl sites for hydroxylation is 4. The van der Waals surface area contributed by atoms with E-state index in [2.05, 4.69) is 58.2 Å². The van der Waals surface area contributed by atoms with Gasteiger partial charge in [-0.2, -0.15) is 0 Å². The monoisotopic (exact) mass is 336 g/mol. The molecule has 0 radical (unpaired) electrons. The molecule has 0 aromatic carbocycles. The molecule has 0 aliphatic carbocycles. The summed E-state index contributed by atoms with van der Waals surface area (Å²) in [6.07, 6.45) is 5.00. The summed E-state index contributed by atoms with van der Waals surface area (Å²) in [5.41, 5.74) is 7.64. The molecule has 0 saturated carbocycles. The molecule has 0 unspecified atom stereocenters. The molecule has 25 heavy (non-hydrogen) atoms. The maximum Gasteiger partial charge on any atom is 0.160 e. The first-order valence-corrected chi connectivity index (χ1v) is 9.32. The molecule has 0 atom stereocenters. The topological polar surface area (TPSA) is 43.6 Å². The Balaban J connectivity index is 2.31. The van der Waals surface area contributed by atoms with Gasteiger partial charge < -0.3 is 4.57 Å². The molecule has 0 fully saturated rings. The molecule has 3 aromatic heterocycles. The van der Waals surface area contributed by atoms with Crippen molar-refractivity contribution < 1.29 is 0 Å². The number of hydrogen-bond acceptors (Lipinski definition) is 3. The number of pyridine rings is 2. The lowest BCUT2D eigenvalue weighted by Crippen LogP contribution is -2.11. The zero-order chi connectivity index (χ0) is 18.1. The summed E-state index contributed by atoms with van der Waals surface area (Å²) in [5.74, 6) is 1.12. The van der Waals surface area contributed by atoms with Gasteiger partial charge in [0.2, 0.25) is 0 Å². The van der Waals surface area contributed by atoms with Gasteiger partial charge in [-0.1, -0.05) is 20.8 Å². The predicted molar refractivity (Wildman–Crippen MR) is 104 cm³/mol. The molecule has 4 heteroatoms. The first kappa shape index (κ1) is 17.6. The van der Waals surface area contributed by atoms with E-state index >= 15 is 0 Å². The normalized spacial score (nSPS) is 11.6. The highest BCUT2D eigenvalue weighted by atomic mass is 15.1. The number of aromatic nitrogens is 4. The Morgan fingerprint density at radius 1 is 0.960 bits per heavy atom. The Morgan fingerprint density at radius 3 is 2.32 bits per heavy atom.